The summed E-state index contributed by atoms with van der Waals surface area (Å²) in [6.45, 7) is 0. The lowest BCUT2D eigenvalue weighted by Crippen LogP contribution is -2.21. The first kappa shape index (κ1) is 18.7. The number of rotatable bonds is 6. The summed E-state index contributed by atoms with van der Waals surface area (Å²) in [5.41, 5.74) is 1.57. The van der Waals surface area contributed by atoms with Gasteiger partial charge in [-0.05, 0) is 51.6 Å². The standard InChI is InChI=1S/C18H19BrFN3O3/c19-13-8-11(6-7-14(13)20)9-15(21-25)18-16(22-26-23-18)10-17(24)12-4-2-1-3-5-12/h6-8,12,25H,1-5,9-10H2/b21-15+. The minimum absolute atomic E-state index is 0.0517. The molecule has 1 N–H and O–H groups in total. The van der Waals surface area contributed by atoms with Crippen LogP contribution in [-0.2, 0) is 17.6 Å². The first-order chi connectivity index (χ1) is 12.6. The molecule has 0 aliphatic heterocycles. The lowest BCUT2D eigenvalue weighted by Gasteiger charge is -2.19. The van der Waals surface area contributed by atoms with E-state index in [9.17, 15) is 14.4 Å². The van der Waals surface area contributed by atoms with Crippen LogP contribution in [0.5, 0.6) is 0 Å². The minimum Gasteiger partial charge on any atom is -0.411 e. The number of Topliss-reactive ketones (excluding diaryl/α,β-unsaturated/α-hetero) is 1. The normalized spacial score (nSPS) is 16.0. The fraction of sp³-hybridized carbons (Fsp3) is 0.444. The Morgan fingerprint density at radius 2 is 2.04 bits per heavy atom. The van der Waals surface area contributed by atoms with E-state index in [0.717, 1.165) is 31.2 Å². The number of oxime groups is 1. The number of benzene rings is 1. The summed E-state index contributed by atoms with van der Waals surface area (Å²) in [6, 6.07) is 4.51. The third-order valence-electron chi connectivity index (χ3n) is 4.71. The third-order valence-corrected chi connectivity index (χ3v) is 5.32. The second kappa shape index (κ2) is 8.53. The molecule has 0 saturated heterocycles. The SMILES string of the molecule is O=C(Cc1nonc1/C(Cc1ccc(F)c(Br)c1)=N/O)C1CCCCC1. The van der Waals surface area contributed by atoms with Gasteiger partial charge in [0.15, 0.2) is 5.69 Å². The second-order valence-electron chi connectivity index (χ2n) is 6.51. The van der Waals surface area contributed by atoms with Gasteiger partial charge >= 0.3 is 0 Å². The highest BCUT2D eigenvalue weighted by Crippen LogP contribution is 2.26. The molecule has 0 radical (unpaired) electrons. The number of hydrogen-bond donors (Lipinski definition) is 1. The maximum absolute atomic E-state index is 13.4. The monoisotopic (exact) mass is 423 g/mol. The summed E-state index contributed by atoms with van der Waals surface area (Å²) >= 11 is 3.13. The maximum Gasteiger partial charge on any atom is 0.156 e. The van der Waals surface area contributed by atoms with Crippen molar-refractivity contribution in [3.05, 3.63) is 45.4 Å². The quantitative estimate of drug-likeness (QED) is 0.429. The number of carbonyl (C=O) groups is 1. The van der Waals surface area contributed by atoms with Crippen molar-refractivity contribution in [1.29, 1.82) is 0 Å². The van der Waals surface area contributed by atoms with E-state index in [1.54, 1.807) is 12.1 Å². The van der Waals surface area contributed by atoms with E-state index in [2.05, 4.69) is 31.4 Å². The summed E-state index contributed by atoms with van der Waals surface area (Å²) in [7, 11) is 0. The topological polar surface area (TPSA) is 88.6 Å². The molecular weight excluding hydrogens is 405 g/mol. The molecule has 1 fully saturated rings. The molecule has 0 bridgehead atoms. The Labute approximate surface area is 158 Å². The maximum atomic E-state index is 13.4. The van der Waals surface area contributed by atoms with Crippen LogP contribution in [0.25, 0.3) is 0 Å². The summed E-state index contributed by atoms with van der Waals surface area (Å²) in [5, 5.41) is 20.3. The Bertz CT molecular complexity index is 816. The van der Waals surface area contributed by atoms with Crippen LogP contribution in [0, 0.1) is 11.7 Å². The fourth-order valence-corrected chi connectivity index (χ4v) is 3.71. The Morgan fingerprint density at radius 3 is 2.73 bits per heavy atom. The highest BCUT2D eigenvalue weighted by Gasteiger charge is 2.25. The van der Waals surface area contributed by atoms with Gasteiger partial charge in [0.1, 0.15) is 23.0 Å². The molecule has 2 aromatic rings. The molecule has 1 aliphatic carbocycles. The van der Waals surface area contributed by atoms with Crippen molar-refractivity contribution in [2.24, 2.45) is 11.1 Å². The Balaban J connectivity index is 1.74. The molecule has 3 rings (SSSR count). The van der Waals surface area contributed by atoms with Crippen molar-refractivity contribution in [1.82, 2.24) is 10.3 Å². The van der Waals surface area contributed by atoms with Crippen molar-refractivity contribution in [2.45, 2.75) is 44.9 Å². The van der Waals surface area contributed by atoms with Crippen molar-refractivity contribution < 1.29 is 19.0 Å². The second-order valence-corrected chi connectivity index (χ2v) is 7.36. The molecule has 1 aromatic heterocycles. The number of carbonyl (C=O) groups excluding carboxylic acids is 1. The van der Waals surface area contributed by atoms with Crippen molar-refractivity contribution in [3.8, 4) is 0 Å². The largest absolute Gasteiger partial charge is 0.411 e. The van der Waals surface area contributed by atoms with E-state index in [-0.39, 0.29) is 41.8 Å². The summed E-state index contributed by atoms with van der Waals surface area (Å²) in [6.07, 6.45) is 5.44. The van der Waals surface area contributed by atoms with Gasteiger partial charge in [0, 0.05) is 12.3 Å². The molecule has 0 amide bonds. The zero-order valence-electron chi connectivity index (χ0n) is 14.1. The number of hydrogen-bond acceptors (Lipinski definition) is 6. The van der Waals surface area contributed by atoms with Gasteiger partial charge in [-0.25, -0.2) is 9.02 Å². The van der Waals surface area contributed by atoms with Gasteiger partial charge in [0.2, 0.25) is 0 Å². The zero-order chi connectivity index (χ0) is 18.5. The Morgan fingerprint density at radius 1 is 1.27 bits per heavy atom. The van der Waals surface area contributed by atoms with E-state index < -0.39 is 0 Å². The molecule has 26 heavy (non-hydrogen) atoms. The van der Waals surface area contributed by atoms with Crippen LogP contribution >= 0.6 is 15.9 Å². The van der Waals surface area contributed by atoms with E-state index in [1.807, 2.05) is 0 Å². The summed E-state index contributed by atoms with van der Waals surface area (Å²) in [4.78, 5) is 12.5. The minimum atomic E-state index is -0.377. The molecule has 0 unspecified atom stereocenters. The molecule has 6 nitrogen and oxygen atoms in total. The van der Waals surface area contributed by atoms with Crippen molar-refractivity contribution in [2.75, 3.05) is 0 Å². The van der Waals surface area contributed by atoms with Crippen LogP contribution in [0.3, 0.4) is 0 Å². The lowest BCUT2D eigenvalue weighted by atomic mass is 9.84. The average Bonchev–Trinajstić information content (AvgIpc) is 3.11. The molecule has 1 heterocycles. The number of halogens is 2. The van der Waals surface area contributed by atoms with Gasteiger partial charge in [-0.2, -0.15) is 0 Å². The Hall–Kier alpha value is -2.09. The van der Waals surface area contributed by atoms with Gasteiger partial charge in [0.05, 0.1) is 10.9 Å². The predicted octanol–water partition coefficient (Wildman–Crippen LogP) is 4.08. The average molecular weight is 424 g/mol. The van der Waals surface area contributed by atoms with Gasteiger partial charge in [-0.1, -0.05) is 35.6 Å². The lowest BCUT2D eigenvalue weighted by molar-refractivity contribution is -0.123. The van der Waals surface area contributed by atoms with Crippen LogP contribution < -0.4 is 0 Å². The zero-order valence-corrected chi connectivity index (χ0v) is 15.7. The Kier molecular flexibility index (Phi) is 6.13. The number of nitrogens with zero attached hydrogens (tertiary/aromatic N) is 3. The first-order valence-electron chi connectivity index (χ1n) is 8.58. The molecule has 1 saturated carbocycles. The van der Waals surface area contributed by atoms with Crippen LogP contribution in [0.2, 0.25) is 0 Å². The van der Waals surface area contributed by atoms with Gasteiger partial charge < -0.3 is 5.21 Å². The third kappa shape index (κ3) is 4.35. The molecule has 0 spiro atoms. The van der Waals surface area contributed by atoms with Crippen LogP contribution in [0.1, 0.15) is 49.1 Å². The summed E-state index contributed by atoms with van der Waals surface area (Å²) < 4.78 is 18.5. The van der Waals surface area contributed by atoms with E-state index in [1.165, 1.54) is 12.5 Å². The van der Waals surface area contributed by atoms with Crippen molar-refractivity contribution >= 4 is 27.4 Å². The van der Waals surface area contributed by atoms with Crippen LogP contribution in [0.15, 0.2) is 32.5 Å². The molecule has 1 aromatic carbocycles. The van der Waals surface area contributed by atoms with E-state index in [4.69, 9.17) is 4.63 Å². The molecule has 138 valence electrons. The summed E-state index contributed by atoms with van der Waals surface area (Å²) in [5.74, 6) is -0.211. The van der Waals surface area contributed by atoms with Gasteiger partial charge in [-0.15, -0.1) is 0 Å². The molecule has 0 atom stereocenters. The smallest absolute Gasteiger partial charge is 0.156 e. The van der Waals surface area contributed by atoms with Gasteiger partial charge in [-0.3, -0.25) is 4.79 Å². The first-order valence-corrected chi connectivity index (χ1v) is 9.37. The highest BCUT2D eigenvalue weighted by molar-refractivity contribution is 9.10. The van der Waals surface area contributed by atoms with E-state index >= 15 is 0 Å². The number of ketones is 1. The van der Waals surface area contributed by atoms with Gasteiger partial charge in [0.25, 0.3) is 0 Å². The highest BCUT2D eigenvalue weighted by atomic mass is 79.9. The molecule has 8 heteroatoms. The molecule has 1 aliphatic rings. The number of aromatic nitrogens is 2. The van der Waals surface area contributed by atoms with E-state index in [0.29, 0.717) is 10.2 Å². The van der Waals surface area contributed by atoms with Crippen LogP contribution in [0.4, 0.5) is 4.39 Å². The molecular formula is C18H19BrFN3O3. The fourth-order valence-electron chi connectivity index (χ4n) is 3.28. The van der Waals surface area contributed by atoms with Crippen LogP contribution in [-0.4, -0.2) is 27.0 Å². The van der Waals surface area contributed by atoms with Crippen molar-refractivity contribution in [3.63, 3.8) is 0 Å². The predicted molar refractivity (Wildman–Crippen MR) is 95.7 cm³/mol.